The second-order valence-corrected chi connectivity index (χ2v) is 8.57. The van der Waals surface area contributed by atoms with Crippen LogP contribution < -0.4 is 9.67 Å². The van der Waals surface area contributed by atoms with E-state index in [1.165, 1.54) is 19.1 Å². The number of benzene rings is 2. The Bertz CT molecular complexity index is 831. The number of hydrogen-bond acceptors (Lipinski definition) is 5. The van der Waals surface area contributed by atoms with Gasteiger partial charge >= 0.3 is 88.1 Å². The van der Waals surface area contributed by atoms with Crippen LogP contribution in [0.4, 0.5) is 11.4 Å². The molecule has 0 unspecified atom stereocenters. The van der Waals surface area contributed by atoms with Crippen molar-refractivity contribution in [2.45, 2.75) is 20.3 Å². The number of aromatic hydroxyl groups is 1. The minimum absolute atomic E-state index is 0.00951. The first-order valence-corrected chi connectivity index (χ1v) is 10.8. The van der Waals surface area contributed by atoms with Gasteiger partial charge in [0.25, 0.3) is 5.69 Å². The summed E-state index contributed by atoms with van der Waals surface area (Å²) in [6.07, 6.45) is 0.915. The fourth-order valence-electron chi connectivity index (χ4n) is 1.85. The zero-order valence-electron chi connectivity index (χ0n) is 14.1. The number of phenols is 1. The number of nitro benzene ring substituents is 1. The van der Waals surface area contributed by atoms with Crippen molar-refractivity contribution < 1.29 is 26.8 Å². The third-order valence-corrected chi connectivity index (χ3v) is 5.18. The summed E-state index contributed by atoms with van der Waals surface area (Å²) in [7, 11) is 0. The Balaban J connectivity index is 0.000000273. The quantitative estimate of drug-likeness (QED) is 0.247. The van der Waals surface area contributed by atoms with Gasteiger partial charge in [0.15, 0.2) is 0 Å². The van der Waals surface area contributed by atoms with Crippen LogP contribution in [-0.2, 0) is 15.0 Å². The van der Waals surface area contributed by atoms with Gasteiger partial charge in [-0.25, -0.2) is 0 Å². The third kappa shape index (κ3) is 6.71. The average Bonchev–Trinajstić information content (AvgIpc) is 2.56. The monoisotopic (exact) mass is 426 g/mol. The van der Waals surface area contributed by atoms with E-state index in [0.717, 1.165) is 30.2 Å². The van der Waals surface area contributed by atoms with Crippen LogP contribution in [0, 0.1) is 10.1 Å². The first kappa shape index (κ1) is 21.4. The van der Waals surface area contributed by atoms with Crippen molar-refractivity contribution in [1.82, 2.24) is 0 Å². The van der Waals surface area contributed by atoms with Crippen LogP contribution in [0.1, 0.15) is 19.4 Å². The molecule has 0 saturated heterocycles. The zero-order chi connectivity index (χ0) is 19.9. The molecule has 2 rings (SSSR count). The Labute approximate surface area is 152 Å². The molecule has 0 saturated carbocycles. The number of phenolic OH excluding ortho intramolecular Hbond substituents is 1. The summed E-state index contributed by atoms with van der Waals surface area (Å²) < 4.78 is 28.6. The van der Waals surface area contributed by atoms with Gasteiger partial charge in [-0.2, -0.15) is 0 Å². The van der Waals surface area contributed by atoms with Crippen molar-refractivity contribution >= 4 is 35.8 Å². The van der Waals surface area contributed by atoms with E-state index >= 15 is 0 Å². The number of carbonyl (C=O) groups excluding carboxylic acids is 1. The molecule has 0 atom stereocenters. The Morgan fingerprint density at radius 3 is 2.19 bits per heavy atom. The van der Waals surface area contributed by atoms with Crippen molar-refractivity contribution in [2.75, 3.05) is 5.32 Å². The van der Waals surface area contributed by atoms with Crippen molar-refractivity contribution in [1.29, 1.82) is 0 Å². The van der Waals surface area contributed by atoms with Gasteiger partial charge < -0.3 is 0 Å². The van der Waals surface area contributed by atoms with Crippen LogP contribution in [-0.4, -0.2) is 38.3 Å². The van der Waals surface area contributed by atoms with Gasteiger partial charge in [0, 0.05) is 12.1 Å². The molecule has 2 aromatic carbocycles. The molecule has 0 spiro atoms. The molecule has 0 radical (unpaired) electrons. The first-order chi connectivity index (χ1) is 12.0. The minimum Gasteiger partial charge on any atom is -0.258 e. The molecule has 0 aliphatic rings. The summed E-state index contributed by atoms with van der Waals surface area (Å²) >= 11 is -4.98. The maximum Gasteiger partial charge on any atom is 0.269 e. The molecule has 0 aliphatic carbocycles. The van der Waals surface area contributed by atoms with Gasteiger partial charge in [-0.3, -0.25) is 10.1 Å². The summed E-state index contributed by atoms with van der Waals surface area (Å²) in [4.78, 5) is 20.5. The Kier molecular flexibility index (Phi) is 7.57. The van der Waals surface area contributed by atoms with E-state index in [1.54, 1.807) is 12.1 Å². The van der Waals surface area contributed by atoms with E-state index in [2.05, 4.69) is 5.32 Å². The molecule has 0 bridgehead atoms. The second kappa shape index (κ2) is 9.19. The van der Waals surface area contributed by atoms with Crippen molar-refractivity contribution in [3.63, 3.8) is 0 Å². The van der Waals surface area contributed by atoms with Crippen LogP contribution >= 0.6 is 0 Å². The maximum absolute atomic E-state index is 10.9. The number of non-ortho nitro benzene ring substituents is 1. The number of nitro groups is 1. The number of carbonyl (C=O) groups is 1. The summed E-state index contributed by atoms with van der Waals surface area (Å²) in [5, 5.41) is 21.8. The molecular weight excluding hydrogens is 407 g/mol. The molecule has 0 fully saturated rings. The van der Waals surface area contributed by atoms with Crippen LogP contribution in [0.2, 0.25) is 0 Å². The molecule has 10 heteroatoms. The fraction of sp³-hybridized carbons (Fsp3) is 0.188. The van der Waals surface area contributed by atoms with Gasteiger partial charge in [0.1, 0.15) is 0 Å². The van der Waals surface area contributed by atoms with E-state index in [-0.39, 0.29) is 26.4 Å². The summed E-state index contributed by atoms with van der Waals surface area (Å²) in [6, 6.07) is 9.92. The van der Waals surface area contributed by atoms with E-state index in [1.807, 2.05) is 6.92 Å². The summed E-state index contributed by atoms with van der Waals surface area (Å²) in [6.45, 7) is 3.25. The van der Waals surface area contributed by atoms with E-state index in [9.17, 15) is 23.8 Å². The number of anilines is 1. The van der Waals surface area contributed by atoms with Gasteiger partial charge in [-0.15, -0.1) is 0 Å². The fourth-order valence-corrected chi connectivity index (χ4v) is 3.04. The molecule has 0 aliphatic heterocycles. The predicted molar refractivity (Wildman–Crippen MR) is 95.4 cm³/mol. The van der Waals surface area contributed by atoms with Gasteiger partial charge in [0.2, 0.25) is 0 Å². The molecule has 140 valence electrons. The molecule has 9 nitrogen and oxygen atoms in total. The van der Waals surface area contributed by atoms with Crippen LogP contribution in [0.25, 0.3) is 0 Å². The first-order valence-electron chi connectivity index (χ1n) is 7.44. The van der Waals surface area contributed by atoms with Crippen LogP contribution in [0.5, 0.6) is 5.75 Å². The molecule has 0 aromatic heterocycles. The normalized spacial score (nSPS) is 10.5. The molecule has 2 aromatic rings. The van der Waals surface area contributed by atoms with Crippen LogP contribution in [0.15, 0.2) is 42.5 Å². The topological polar surface area (TPSA) is 150 Å². The third-order valence-electron chi connectivity index (χ3n) is 3.18. The predicted octanol–water partition coefficient (Wildman–Crippen LogP) is 1.07. The summed E-state index contributed by atoms with van der Waals surface area (Å²) in [5.74, 6) is -0.668. The Hall–Kier alpha value is -2.61. The maximum atomic E-state index is 10.9. The second-order valence-electron chi connectivity index (χ2n) is 5.20. The molecule has 4 N–H and O–H groups in total. The van der Waals surface area contributed by atoms with E-state index in [4.69, 9.17) is 8.19 Å². The van der Waals surface area contributed by atoms with E-state index < -0.39 is 20.1 Å². The molecular formula is C16H19AsN2O7. The largest absolute Gasteiger partial charge is 0.269 e. The summed E-state index contributed by atoms with van der Waals surface area (Å²) in [5.41, 5.74) is 1.27. The number of aryl methyl sites for hydroxylation is 1. The number of rotatable bonds is 4. The Morgan fingerprint density at radius 2 is 1.77 bits per heavy atom. The van der Waals surface area contributed by atoms with Gasteiger partial charge in [-0.1, -0.05) is 19.1 Å². The van der Waals surface area contributed by atoms with Gasteiger partial charge in [0.05, 0.1) is 4.92 Å². The molecule has 0 heterocycles. The van der Waals surface area contributed by atoms with Crippen LogP contribution in [0.3, 0.4) is 0 Å². The van der Waals surface area contributed by atoms with Crippen molar-refractivity contribution in [3.05, 3.63) is 58.1 Å². The molecule has 1 amide bonds. The van der Waals surface area contributed by atoms with Gasteiger partial charge in [-0.05, 0) is 12.0 Å². The zero-order valence-corrected chi connectivity index (χ0v) is 16.0. The number of nitrogens with one attached hydrogen (secondary N) is 1. The number of nitrogens with zero attached hydrogens (tertiary/aromatic N) is 1. The SMILES string of the molecule is CC(=O)Nc1cc([As](=O)(O)O)ccc1O.CCc1ccc([N+](=O)[O-])cc1. The van der Waals surface area contributed by atoms with Crippen molar-refractivity contribution in [3.8, 4) is 5.75 Å². The smallest absolute Gasteiger partial charge is 0.258 e. The number of hydrogen-bond donors (Lipinski definition) is 4. The average molecular weight is 426 g/mol. The van der Waals surface area contributed by atoms with Crippen molar-refractivity contribution in [2.24, 2.45) is 0 Å². The van der Waals surface area contributed by atoms with E-state index in [0.29, 0.717) is 0 Å². The molecule has 26 heavy (non-hydrogen) atoms. The minimum atomic E-state index is -4.98. The Morgan fingerprint density at radius 1 is 1.19 bits per heavy atom. The standard InChI is InChI=1S/C8H10AsNO5.C8H9NO2/c1-5(11)10-7-4-6(9(13,14)15)2-3-8(7)12;1-2-7-3-5-8(6-4-7)9(10)11/h2-4,12H,1H3,(H,10,11)(H2,13,14,15);3-6H,2H2,1H3. The number of amides is 1.